The third-order valence-electron chi connectivity index (χ3n) is 1.85. The molecule has 0 bridgehead atoms. The van der Waals surface area contributed by atoms with Gasteiger partial charge < -0.3 is 4.90 Å². The molecule has 0 spiro atoms. The maximum absolute atomic E-state index is 5.82. The minimum atomic E-state index is 0.750. The van der Waals surface area contributed by atoms with Gasteiger partial charge in [0, 0.05) is 17.3 Å². The number of thiocarbonyl (C=S) groups is 1. The van der Waals surface area contributed by atoms with Crippen LogP contribution in [0.5, 0.6) is 0 Å². The van der Waals surface area contributed by atoms with Crippen LogP contribution < -0.4 is 4.90 Å². The molecule has 1 aromatic rings. The number of nitrogens with zero attached hydrogens (tertiary/aromatic N) is 1. The van der Waals surface area contributed by atoms with Crippen molar-refractivity contribution in [3.63, 3.8) is 0 Å². The van der Waals surface area contributed by atoms with E-state index in [1.807, 2.05) is 30.5 Å². The second kappa shape index (κ2) is 5.59. The summed E-state index contributed by atoms with van der Waals surface area (Å²) in [6.45, 7) is 2.96. The Balaban J connectivity index is 2.89. The molecule has 0 N–H and O–H groups in total. The van der Waals surface area contributed by atoms with Crippen LogP contribution in [0.1, 0.15) is 6.92 Å². The van der Waals surface area contributed by atoms with E-state index in [9.17, 15) is 0 Å². The van der Waals surface area contributed by atoms with Crippen LogP contribution in [0.3, 0.4) is 0 Å². The van der Waals surface area contributed by atoms with Crippen molar-refractivity contribution in [2.24, 2.45) is 0 Å². The molecule has 1 rings (SSSR count). The molecule has 0 aliphatic heterocycles. The number of rotatable bonds is 2. The first-order valence-corrected chi connectivity index (χ1v) is 6.31. The van der Waals surface area contributed by atoms with E-state index in [1.54, 1.807) is 11.8 Å². The van der Waals surface area contributed by atoms with E-state index in [-0.39, 0.29) is 0 Å². The fourth-order valence-electron chi connectivity index (χ4n) is 1.15. The standard InChI is InChI=1S/C10H12ClNS2/c1-3-12(10(13)14-2)9-6-4-8(11)5-7-9/h4-7H,3H2,1-2H3. The molecule has 14 heavy (non-hydrogen) atoms. The Morgan fingerprint density at radius 2 is 2.00 bits per heavy atom. The number of halogens is 1. The van der Waals surface area contributed by atoms with Crippen molar-refractivity contribution in [1.82, 2.24) is 0 Å². The van der Waals surface area contributed by atoms with Crippen molar-refractivity contribution in [2.75, 3.05) is 17.7 Å². The average Bonchev–Trinajstić information content (AvgIpc) is 2.21. The summed E-state index contributed by atoms with van der Waals surface area (Å²) < 4.78 is 0.884. The van der Waals surface area contributed by atoms with Crippen LogP contribution in [-0.4, -0.2) is 17.1 Å². The van der Waals surface area contributed by atoms with Crippen LogP contribution in [0.15, 0.2) is 24.3 Å². The lowest BCUT2D eigenvalue weighted by Gasteiger charge is -2.22. The Bertz CT molecular complexity index is 310. The second-order valence-corrected chi connectivity index (χ2v) is 4.57. The van der Waals surface area contributed by atoms with Crippen LogP contribution in [0.4, 0.5) is 5.69 Å². The van der Waals surface area contributed by atoms with Crippen molar-refractivity contribution in [2.45, 2.75) is 6.92 Å². The molecule has 0 radical (unpaired) electrons. The number of hydrogen-bond donors (Lipinski definition) is 0. The van der Waals surface area contributed by atoms with Crippen molar-refractivity contribution in [1.29, 1.82) is 0 Å². The Morgan fingerprint density at radius 3 is 2.43 bits per heavy atom. The van der Waals surface area contributed by atoms with Gasteiger partial charge in [-0.3, -0.25) is 0 Å². The van der Waals surface area contributed by atoms with Crippen LogP contribution in [0.25, 0.3) is 0 Å². The number of benzene rings is 1. The van der Waals surface area contributed by atoms with Crippen LogP contribution in [0, 0.1) is 0 Å². The molecule has 0 atom stereocenters. The topological polar surface area (TPSA) is 3.24 Å². The van der Waals surface area contributed by atoms with Crippen molar-refractivity contribution in [3.05, 3.63) is 29.3 Å². The fraction of sp³-hybridized carbons (Fsp3) is 0.300. The summed E-state index contributed by atoms with van der Waals surface area (Å²) >= 11 is 12.6. The highest BCUT2D eigenvalue weighted by atomic mass is 35.5. The normalized spacial score (nSPS) is 9.93. The molecule has 4 heteroatoms. The van der Waals surface area contributed by atoms with E-state index in [2.05, 4.69) is 11.8 Å². The highest BCUT2D eigenvalue weighted by Gasteiger charge is 2.08. The highest BCUT2D eigenvalue weighted by molar-refractivity contribution is 8.22. The Labute approximate surface area is 99.4 Å². The van der Waals surface area contributed by atoms with E-state index in [0.717, 1.165) is 21.6 Å². The number of anilines is 1. The van der Waals surface area contributed by atoms with E-state index in [4.69, 9.17) is 23.8 Å². The lowest BCUT2D eigenvalue weighted by Crippen LogP contribution is -2.26. The highest BCUT2D eigenvalue weighted by Crippen LogP contribution is 2.20. The summed E-state index contributed by atoms with van der Waals surface area (Å²) in [5.41, 5.74) is 1.09. The maximum atomic E-state index is 5.82. The van der Waals surface area contributed by atoms with Crippen molar-refractivity contribution >= 4 is 45.6 Å². The van der Waals surface area contributed by atoms with Crippen LogP contribution in [-0.2, 0) is 0 Å². The largest absolute Gasteiger partial charge is 0.328 e. The molecule has 0 aromatic heterocycles. The van der Waals surface area contributed by atoms with E-state index < -0.39 is 0 Å². The van der Waals surface area contributed by atoms with E-state index >= 15 is 0 Å². The van der Waals surface area contributed by atoms with E-state index in [0.29, 0.717) is 0 Å². The zero-order valence-electron chi connectivity index (χ0n) is 8.16. The molecule has 0 fully saturated rings. The monoisotopic (exact) mass is 245 g/mol. The first kappa shape index (κ1) is 11.8. The predicted octanol–water partition coefficient (Wildman–Crippen LogP) is 3.81. The zero-order chi connectivity index (χ0) is 10.6. The molecule has 1 aromatic carbocycles. The van der Waals surface area contributed by atoms with Gasteiger partial charge >= 0.3 is 0 Å². The number of hydrogen-bond acceptors (Lipinski definition) is 2. The smallest absolute Gasteiger partial charge is 0.140 e. The summed E-state index contributed by atoms with van der Waals surface area (Å²) in [5, 5.41) is 0.750. The fourth-order valence-corrected chi connectivity index (χ4v) is 1.96. The van der Waals surface area contributed by atoms with Gasteiger partial charge in [0.25, 0.3) is 0 Å². The molecule has 0 saturated heterocycles. The molecular formula is C10H12ClNS2. The Morgan fingerprint density at radius 1 is 1.43 bits per heavy atom. The van der Waals surface area contributed by atoms with Gasteiger partial charge in [-0.25, -0.2) is 0 Å². The van der Waals surface area contributed by atoms with E-state index in [1.165, 1.54) is 0 Å². The van der Waals surface area contributed by atoms with Crippen LogP contribution >= 0.6 is 35.6 Å². The van der Waals surface area contributed by atoms with Gasteiger partial charge in [-0.05, 0) is 37.4 Å². The summed E-state index contributed by atoms with van der Waals surface area (Å²) in [6, 6.07) is 7.72. The summed E-state index contributed by atoms with van der Waals surface area (Å²) in [6.07, 6.45) is 1.99. The number of thioether (sulfide) groups is 1. The molecular weight excluding hydrogens is 234 g/mol. The van der Waals surface area contributed by atoms with Gasteiger partial charge in [0.15, 0.2) is 0 Å². The molecule has 0 unspecified atom stereocenters. The first-order chi connectivity index (χ1) is 6.69. The van der Waals surface area contributed by atoms with Crippen molar-refractivity contribution < 1.29 is 0 Å². The molecule has 76 valence electrons. The minimum Gasteiger partial charge on any atom is -0.328 e. The second-order valence-electron chi connectivity index (χ2n) is 2.69. The Hall–Kier alpha value is -0.250. The SMILES string of the molecule is CCN(C(=S)SC)c1ccc(Cl)cc1. The maximum Gasteiger partial charge on any atom is 0.140 e. The zero-order valence-corrected chi connectivity index (χ0v) is 10.5. The lowest BCUT2D eigenvalue weighted by atomic mass is 10.3. The molecule has 0 heterocycles. The molecule has 0 amide bonds. The molecule has 0 aliphatic carbocycles. The van der Waals surface area contributed by atoms with Gasteiger partial charge in [-0.15, -0.1) is 11.8 Å². The Kier molecular flexibility index (Phi) is 4.72. The van der Waals surface area contributed by atoms with Crippen LogP contribution in [0.2, 0.25) is 5.02 Å². The lowest BCUT2D eigenvalue weighted by molar-refractivity contribution is 1.08. The minimum absolute atomic E-state index is 0.750. The molecule has 1 nitrogen and oxygen atoms in total. The van der Waals surface area contributed by atoms with Crippen molar-refractivity contribution in [3.8, 4) is 0 Å². The third kappa shape index (κ3) is 2.87. The average molecular weight is 246 g/mol. The van der Waals surface area contributed by atoms with Gasteiger partial charge in [-0.2, -0.15) is 0 Å². The summed E-state index contributed by atoms with van der Waals surface area (Å²) in [5.74, 6) is 0. The summed E-state index contributed by atoms with van der Waals surface area (Å²) in [7, 11) is 0. The molecule has 0 aliphatic rings. The summed E-state index contributed by atoms with van der Waals surface area (Å²) in [4.78, 5) is 2.08. The van der Waals surface area contributed by atoms with Gasteiger partial charge in [0.1, 0.15) is 4.32 Å². The first-order valence-electron chi connectivity index (χ1n) is 4.30. The third-order valence-corrected chi connectivity index (χ3v) is 3.39. The molecule has 0 saturated carbocycles. The quantitative estimate of drug-likeness (QED) is 0.730. The van der Waals surface area contributed by atoms with Gasteiger partial charge in [0.05, 0.1) is 0 Å². The van der Waals surface area contributed by atoms with Gasteiger partial charge in [0.2, 0.25) is 0 Å². The predicted molar refractivity (Wildman–Crippen MR) is 70.6 cm³/mol. The van der Waals surface area contributed by atoms with Gasteiger partial charge in [-0.1, -0.05) is 23.8 Å².